The molecule has 0 aliphatic rings. The van der Waals surface area contributed by atoms with E-state index in [4.69, 9.17) is 0 Å². The van der Waals surface area contributed by atoms with Gasteiger partial charge in [-0.2, -0.15) is 0 Å². The summed E-state index contributed by atoms with van der Waals surface area (Å²) in [5.41, 5.74) is 2.39. The van der Waals surface area contributed by atoms with Gasteiger partial charge in [0.1, 0.15) is 17.3 Å². The van der Waals surface area contributed by atoms with Crippen LogP contribution >= 0.6 is 0 Å². The highest BCUT2D eigenvalue weighted by Gasteiger charge is 2.15. The lowest BCUT2D eigenvalue weighted by atomic mass is 10.1. The molecule has 0 saturated heterocycles. The summed E-state index contributed by atoms with van der Waals surface area (Å²) in [6.07, 6.45) is 0. The Kier molecular flexibility index (Phi) is 3.93. The summed E-state index contributed by atoms with van der Waals surface area (Å²) in [7, 11) is 0. The summed E-state index contributed by atoms with van der Waals surface area (Å²) in [4.78, 5) is 0. The van der Waals surface area contributed by atoms with Crippen molar-refractivity contribution in [3.05, 3.63) is 71.4 Å². The Bertz CT molecular complexity index is 784. The Morgan fingerprint density at radius 2 is 1.77 bits per heavy atom. The summed E-state index contributed by atoms with van der Waals surface area (Å²) >= 11 is 0. The van der Waals surface area contributed by atoms with E-state index >= 15 is 0 Å². The first-order valence-corrected chi connectivity index (χ1v) is 6.71. The van der Waals surface area contributed by atoms with Gasteiger partial charge in [-0.05, 0) is 42.0 Å². The molecule has 0 radical (unpaired) electrons. The molecule has 0 aliphatic carbocycles. The molecule has 0 amide bonds. The fraction of sp³-hybridized carbons (Fsp3) is 0.125. The van der Waals surface area contributed by atoms with Crippen molar-refractivity contribution < 1.29 is 13.9 Å². The van der Waals surface area contributed by atoms with Gasteiger partial charge in [0.2, 0.25) is 0 Å². The van der Waals surface area contributed by atoms with Crippen molar-refractivity contribution in [2.24, 2.45) is 0 Å². The number of aliphatic hydroxyl groups is 1. The predicted molar refractivity (Wildman–Crippen MR) is 76.8 cm³/mol. The minimum atomic E-state index is -0.349. The van der Waals surface area contributed by atoms with Crippen LogP contribution in [0.1, 0.15) is 11.3 Å². The maximum Gasteiger partial charge on any atom is 0.123 e. The van der Waals surface area contributed by atoms with Gasteiger partial charge in [0.05, 0.1) is 18.8 Å². The normalized spacial score (nSPS) is 10.9. The van der Waals surface area contributed by atoms with Gasteiger partial charge in [-0.3, -0.25) is 0 Å². The number of nitrogens with zero attached hydrogens (tertiary/aromatic N) is 3. The number of aromatic nitrogens is 3. The SMILES string of the molecule is OCc1nnn(Cc2cccc(F)c2)c1-c1ccc(F)cc1. The van der Waals surface area contributed by atoms with Crippen LogP contribution in [0.15, 0.2) is 48.5 Å². The molecule has 0 spiro atoms. The van der Waals surface area contributed by atoms with Crippen molar-refractivity contribution in [2.75, 3.05) is 0 Å². The molecule has 0 unspecified atom stereocenters. The third-order valence-corrected chi connectivity index (χ3v) is 3.29. The number of rotatable bonds is 4. The van der Waals surface area contributed by atoms with Crippen molar-refractivity contribution in [3.8, 4) is 11.3 Å². The molecule has 4 nitrogen and oxygen atoms in total. The number of hydrogen-bond donors (Lipinski definition) is 1. The van der Waals surface area contributed by atoms with E-state index in [1.54, 1.807) is 28.9 Å². The van der Waals surface area contributed by atoms with Crippen molar-refractivity contribution in [3.63, 3.8) is 0 Å². The smallest absolute Gasteiger partial charge is 0.123 e. The molecule has 112 valence electrons. The molecule has 3 rings (SSSR count). The number of hydrogen-bond acceptors (Lipinski definition) is 3. The van der Waals surface area contributed by atoms with Gasteiger partial charge < -0.3 is 5.11 Å². The van der Waals surface area contributed by atoms with Crippen LogP contribution in [0.4, 0.5) is 8.78 Å². The Hall–Kier alpha value is -2.60. The molecule has 0 saturated carbocycles. The summed E-state index contributed by atoms with van der Waals surface area (Å²) in [6, 6.07) is 12.0. The van der Waals surface area contributed by atoms with E-state index in [1.165, 1.54) is 24.3 Å². The van der Waals surface area contributed by atoms with Crippen molar-refractivity contribution >= 4 is 0 Å². The van der Waals surface area contributed by atoms with Crippen molar-refractivity contribution in [2.45, 2.75) is 13.2 Å². The first kappa shape index (κ1) is 14.3. The molecular weight excluding hydrogens is 288 g/mol. The molecule has 0 fully saturated rings. The third kappa shape index (κ3) is 2.87. The highest BCUT2D eigenvalue weighted by Crippen LogP contribution is 2.23. The van der Waals surface area contributed by atoms with Gasteiger partial charge in [0.15, 0.2) is 0 Å². The summed E-state index contributed by atoms with van der Waals surface area (Å²) in [6.45, 7) is 0.0212. The maximum absolute atomic E-state index is 13.3. The average Bonchev–Trinajstić information content (AvgIpc) is 2.91. The zero-order valence-electron chi connectivity index (χ0n) is 11.6. The lowest BCUT2D eigenvalue weighted by Gasteiger charge is -2.08. The van der Waals surface area contributed by atoms with E-state index in [2.05, 4.69) is 10.3 Å². The minimum absolute atomic E-state index is 0.282. The molecule has 0 aliphatic heterocycles. The fourth-order valence-electron chi connectivity index (χ4n) is 2.30. The summed E-state index contributed by atoms with van der Waals surface area (Å²) in [5, 5.41) is 17.3. The monoisotopic (exact) mass is 301 g/mol. The minimum Gasteiger partial charge on any atom is -0.390 e. The highest BCUT2D eigenvalue weighted by molar-refractivity contribution is 5.61. The van der Waals surface area contributed by atoms with Crippen LogP contribution in [0.2, 0.25) is 0 Å². The maximum atomic E-state index is 13.3. The van der Waals surface area contributed by atoms with Crippen molar-refractivity contribution in [1.82, 2.24) is 15.0 Å². The average molecular weight is 301 g/mol. The van der Waals surface area contributed by atoms with E-state index in [0.29, 0.717) is 23.5 Å². The predicted octanol–water partition coefficient (Wildman–Crippen LogP) is 2.76. The molecule has 1 aromatic heterocycles. The Morgan fingerprint density at radius 1 is 1.00 bits per heavy atom. The van der Waals surface area contributed by atoms with Crippen LogP contribution in [0.3, 0.4) is 0 Å². The van der Waals surface area contributed by atoms with Gasteiger partial charge in [-0.1, -0.05) is 17.3 Å². The largest absolute Gasteiger partial charge is 0.390 e. The fourth-order valence-corrected chi connectivity index (χ4v) is 2.30. The zero-order chi connectivity index (χ0) is 15.5. The van der Waals surface area contributed by atoms with Gasteiger partial charge >= 0.3 is 0 Å². The molecule has 0 bridgehead atoms. The molecule has 22 heavy (non-hydrogen) atoms. The summed E-state index contributed by atoms with van der Waals surface area (Å²) < 4.78 is 27.9. The number of halogens is 2. The quantitative estimate of drug-likeness (QED) is 0.806. The lowest BCUT2D eigenvalue weighted by molar-refractivity contribution is 0.277. The molecule has 1 N–H and O–H groups in total. The Labute approximate surface area is 125 Å². The van der Waals surface area contributed by atoms with E-state index in [-0.39, 0.29) is 18.2 Å². The third-order valence-electron chi connectivity index (χ3n) is 3.29. The highest BCUT2D eigenvalue weighted by atomic mass is 19.1. The van der Waals surface area contributed by atoms with E-state index in [1.807, 2.05) is 0 Å². The van der Waals surface area contributed by atoms with Crippen LogP contribution < -0.4 is 0 Å². The standard InChI is InChI=1S/C16H13F2N3O/c17-13-6-4-12(5-7-13)16-15(10-22)19-20-21(16)9-11-2-1-3-14(18)8-11/h1-8,22H,9-10H2. The van der Waals surface area contributed by atoms with Crippen LogP contribution in [-0.4, -0.2) is 20.1 Å². The van der Waals surface area contributed by atoms with E-state index in [0.717, 1.165) is 5.56 Å². The molecular formula is C16H13F2N3O. The second kappa shape index (κ2) is 6.03. The first-order valence-electron chi connectivity index (χ1n) is 6.71. The molecule has 1 heterocycles. The summed E-state index contributed by atoms with van der Waals surface area (Å²) in [5.74, 6) is -0.679. The molecule has 3 aromatic rings. The number of benzene rings is 2. The Morgan fingerprint density at radius 3 is 2.45 bits per heavy atom. The number of aliphatic hydroxyl groups excluding tert-OH is 1. The lowest BCUT2D eigenvalue weighted by Crippen LogP contribution is -2.05. The topological polar surface area (TPSA) is 50.9 Å². The van der Waals surface area contributed by atoms with E-state index < -0.39 is 0 Å². The van der Waals surface area contributed by atoms with Crippen molar-refractivity contribution in [1.29, 1.82) is 0 Å². The van der Waals surface area contributed by atoms with Gasteiger partial charge in [0, 0.05) is 5.56 Å². The first-order chi connectivity index (χ1) is 10.7. The molecule has 6 heteroatoms. The Balaban J connectivity index is 2.02. The van der Waals surface area contributed by atoms with Gasteiger partial charge in [-0.15, -0.1) is 5.10 Å². The van der Waals surface area contributed by atoms with Gasteiger partial charge in [-0.25, -0.2) is 13.5 Å². The molecule has 2 aromatic carbocycles. The van der Waals surface area contributed by atoms with Crippen LogP contribution in [0.25, 0.3) is 11.3 Å². The zero-order valence-corrected chi connectivity index (χ0v) is 11.6. The van der Waals surface area contributed by atoms with Gasteiger partial charge in [0.25, 0.3) is 0 Å². The van der Waals surface area contributed by atoms with Crippen LogP contribution in [-0.2, 0) is 13.2 Å². The van der Waals surface area contributed by atoms with Crippen LogP contribution in [0, 0.1) is 11.6 Å². The van der Waals surface area contributed by atoms with E-state index in [9.17, 15) is 13.9 Å². The second-order valence-corrected chi connectivity index (χ2v) is 4.84. The second-order valence-electron chi connectivity index (χ2n) is 4.84. The van der Waals surface area contributed by atoms with Crippen LogP contribution in [0.5, 0.6) is 0 Å². The molecule has 0 atom stereocenters.